The van der Waals surface area contributed by atoms with Crippen LogP contribution in [-0.2, 0) is 16.0 Å². The molecule has 1 aliphatic heterocycles. The summed E-state index contributed by atoms with van der Waals surface area (Å²) >= 11 is 1.62. The number of benzene rings is 1. The third kappa shape index (κ3) is 2.89. The van der Waals surface area contributed by atoms with E-state index in [0.29, 0.717) is 12.1 Å². The van der Waals surface area contributed by atoms with Gasteiger partial charge in [-0.1, -0.05) is 6.07 Å². The van der Waals surface area contributed by atoms with Gasteiger partial charge in [-0.15, -0.1) is 11.3 Å². The number of anilines is 1. The van der Waals surface area contributed by atoms with E-state index in [-0.39, 0.29) is 5.91 Å². The summed E-state index contributed by atoms with van der Waals surface area (Å²) in [6.45, 7) is 0.512. The van der Waals surface area contributed by atoms with E-state index in [1.54, 1.807) is 22.3 Å². The highest BCUT2D eigenvalue weighted by Gasteiger charge is 2.37. The Kier molecular flexibility index (Phi) is 4.57. The molecule has 0 saturated carbocycles. The predicted molar refractivity (Wildman–Crippen MR) is 94.6 cm³/mol. The standard InChI is InChI=1S/C18H20N2O3S/c1-19(2)13-6-4-5-12(11-13)17(21)20-9-7-15-14(8-10-24-15)16(20)18(22)23-3/h4-6,8,10-11,16H,7,9H2,1-3H3. The molecular weight excluding hydrogens is 324 g/mol. The zero-order valence-corrected chi connectivity index (χ0v) is 14.8. The molecule has 0 aliphatic carbocycles. The first-order valence-electron chi connectivity index (χ1n) is 7.75. The fraction of sp³-hybridized carbons (Fsp3) is 0.333. The Labute approximate surface area is 145 Å². The first-order chi connectivity index (χ1) is 11.5. The molecule has 24 heavy (non-hydrogen) atoms. The van der Waals surface area contributed by atoms with Crippen molar-refractivity contribution >= 4 is 28.9 Å². The largest absolute Gasteiger partial charge is 0.467 e. The van der Waals surface area contributed by atoms with Crippen LogP contribution < -0.4 is 4.90 Å². The minimum atomic E-state index is -0.666. The Morgan fingerprint density at radius 1 is 1.29 bits per heavy atom. The van der Waals surface area contributed by atoms with Crippen molar-refractivity contribution in [1.82, 2.24) is 4.90 Å². The summed E-state index contributed by atoms with van der Waals surface area (Å²) in [5.74, 6) is -0.544. The number of thiophene rings is 1. The summed E-state index contributed by atoms with van der Waals surface area (Å²) in [4.78, 5) is 30.1. The van der Waals surface area contributed by atoms with Gasteiger partial charge in [0.15, 0.2) is 6.04 Å². The molecule has 126 valence electrons. The van der Waals surface area contributed by atoms with Crippen molar-refractivity contribution in [3.05, 3.63) is 51.7 Å². The maximum absolute atomic E-state index is 13.0. The zero-order valence-electron chi connectivity index (χ0n) is 14.0. The molecule has 0 saturated heterocycles. The van der Waals surface area contributed by atoms with Crippen LogP contribution in [0.3, 0.4) is 0 Å². The molecule has 1 aliphatic rings. The predicted octanol–water partition coefficient (Wildman–Crippen LogP) is 2.73. The lowest BCUT2D eigenvalue weighted by atomic mass is 9.98. The third-order valence-electron chi connectivity index (χ3n) is 4.26. The normalized spacial score (nSPS) is 16.5. The molecular formula is C18H20N2O3S. The second kappa shape index (κ2) is 6.65. The molecule has 0 radical (unpaired) electrons. The average molecular weight is 344 g/mol. The number of ether oxygens (including phenoxy) is 1. The summed E-state index contributed by atoms with van der Waals surface area (Å²) < 4.78 is 4.96. The lowest BCUT2D eigenvalue weighted by Gasteiger charge is -2.34. The van der Waals surface area contributed by atoms with Crippen LogP contribution >= 0.6 is 11.3 Å². The summed E-state index contributed by atoms with van der Waals surface area (Å²) in [6.07, 6.45) is 0.763. The molecule has 0 bridgehead atoms. The van der Waals surface area contributed by atoms with E-state index in [2.05, 4.69) is 0 Å². The summed E-state index contributed by atoms with van der Waals surface area (Å²) in [6, 6.07) is 8.68. The number of fused-ring (bicyclic) bond motifs is 1. The second-order valence-electron chi connectivity index (χ2n) is 5.92. The Hall–Kier alpha value is -2.34. The second-order valence-corrected chi connectivity index (χ2v) is 6.92. The molecule has 1 unspecified atom stereocenters. The Balaban J connectivity index is 1.96. The quantitative estimate of drug-likeness (QED) is 0.804. The van der Waals surface area contributed by atoms with Gasteiger partial charge >= 0.3 is 5.97 Å². The maximum Gasteiger partial charge on any atom is 0.333 e. The van der Waals surface area contributed by atoms with E-state index in [0.717, 1.165) is 22.5 Å². The molecule has 0 spiro atoms. The lowest BCUT2D eigenvalue weighted by molar-refractivity contribution is -0.146. The highest BCUT2D eigenvalue weighted by molar-refractivity contribution is 7.10. The van der Waals surface area contributed by atoms with E-state index in [9.17, 15) is 9.59 Å². The Morgan fingerprint density at radius 2 is 2.08 bits per heavy atom. The fourth-order valence-corrected chi connectivity index (χ4v) is 3.89. The molecule has 5 nitrogen and oxygen atoms in total. The van der Waals surface area contributed by atoms with E-state index in [1.165, 1.54) is 7.11 Å². The van der Waals surface area contributed by atoms with Crippen LogP contribution in [0.4, 0.5) is 5.69 Å². The van der Waals surface area contributed by atoms with Gasteiger partial charge in [0.05, 0.1) is 7.11 Å². The van der Waals surface area contributed by atoms with Crippen LogP contribution in [0, 0.1) is 0 Å². The highest BCUT2D eigenvalue weighted by atomic mass is 32.1. The number of carbonyl (C=O) groups excluding carboxylic acids is 2. The van der Waals surface area contributed by atoms with Crippen LogP contribution in [-0.4, -0.2) is 44.5 Å². The Morgan fingerprint density at radius 3 is 2.79 bits per heavy atom. The van der Waals surface area contributed by atoms with E-state index >= 15 is 0 Å². The van der Waals surface area contributed by atoms with Crippen LogP contribution in [0.2, 0.25) is 0 Å². The van der Waals surface area contributed by atoms with Gasteiger partial charge in [0.25, 0.3) is 5.91 Å². The summed E-state index contributed by atoms with van der Waals surface area (Å²) in [5.41, 5.74) is 2.41. The number of nitrogens with zero attached hydrogens (tertiary/aromatic N) is 2. The van der Waals surface area contributed by atoms with Gasteiger partial charge in [-0.05, 0) is 41.6 Å². The van der Waals surface area contributed by atoms with Crippen molar-refractivity contribution in [1.29, 1.82) is 0 Å². The fourth-order valence-electron chi connectivity index (χ4n) is 2.98. The third-order valence-corrected chi connectivity index (χ3v) is 5.26. The van der Waals surface area contributed by atoms with Gasteiger partial charge in [0.2, 0.25) is 0 Å². The molecule has 1 aromatic heterocycles. The van der Waals surface area contributed by atoms with E-state index < -0.39 is 12.0 Å². The molecule has 6 heteroatoms. The number of hydrogen-bond donors (Lipinski definition) is 0. The van der Waals surface area contributed by atoms with Crippen LogP contribution in [0.1, 0.15) is 26.8 Å². The van der Waals surface area contributed by atoms with Gasteiger partial charge in [0.1, 0.15) is 0 Å². The van der Waals surface area contributed by atoms with Gasteiger partial charge < -0.3 is 14.5 Å². The summed E-state index contributed by atoms with van der Waals surface area (Å²) in [7, 11) is 5.22. The summed E-state index contributed by atoms with van der Waals surface area (Å²) in [5, 5.41) is 1.96. The Bertz CT molecular complexity index is 769. The van der Waals surface area contributed by atoms with Gasteiger partial charge in [-0.25, -0.2) is 4.79 Å². The number of amides is 1. The van der Waals surface area contributed by atoms with Crippen LogP contribution in [0.15, 0.2) is 35.7 Å². The van der Waals surface area contributed by atoms with Gasteiger partial charge in [0, 0.05) is 36.8 Å². The molecule has 1 aromatic carbocycles. The number of carbonyl (C=O) groups is 2. The zero-order chi connectivity index (χ0) is 17.3. The number of hydrogen-bond acceptors (Lipinski definition) is 5. The first kappa shape index (κ1) is 16.5. The van der Waals surface area contributed by atoms with Crippen molar-refractivity contribution in [2.75, 3.05) is 32.6 Å². The number of esters is 1. The van der Waals surface area contributed by atoms with Crippen LogP contribution in [0.25, 0.3) is 0 Å². The molecule has 0 fully saturated rings. The monoisotopic (exact) mass is 344 g/mol. The maximum atomic E-state index is 13.0. The minimum absolute atomic E-state index is 0.147. The van der Waals surface area contributed by atoms with Crippen molar-refractivity contribution in [2.45, 2.75) is 12.5 Å². The number of rotatable bonds is 3. The smallest absolute Gasteiger partial charge is 0.333 e. The molecule has 1 amide bonds. The molecule has 1 atom stereocenters. The van der Waals surface area contributed by atoms with Gasteiger partial charge in [-0.3, -0.25) is 4.79 Å². The lowest BCUT2D eigenvalue weighted by Crippen LogP contribution is -2.43. The first-order valence-corrected chi connectivity index (χ1v) is 8.63. The minimum Gasteiger partial charge on any atom is -0.467 e. The van der Waals surface area contributed by atoms with Crippen molar-refractivity contribution in [3.8, 4) is 0 Å². The molecule has 2 aromatic rings. The number of methoxy groups -OCH3 is 1. The molecule has 0 N–H and O–H groups in total. The van der Waals surface area contributed by atoms with E-state index in [4.69, 9.17) is 4.74 Å². The highest BCUT2D eigenvalue weighted by Crippen LogP contribution is 2.35. The van der Waals surface area contributed by atoms with Crippen molar-refractivity contribution < 1.29 is 14.3 Å². The molecule has 3 rings (SSSR count). The van der Waals surface area contributed by atoms with E-state index in [1.807, 2.05) is 48.6 Å². The molecule has 2 heterocycles. The average Bonchev–Trinajstić information content (AvgIpc) is 3.08. The topological polar surface area (TPSA) is 49.9 Å². The van der Waals surface area contributed by atoms with Gasteiger partial charge in [-0.2, -0.15) is 0 Å². The van der Waals surface area contributed by atoms with Crippen LogP contribution in [0.5, 0.6) is 0 Å². The van der Waals surface area contributed by atoms with Crippen molar-refractivity contribution in [2.24, 2.45) is 0 Å². The SMILES string of the molecule is COC(=O)C1c2ccsc2CCN1C(=O)c1cccc(N(C)C)c1. The van der Waals surface area contributed by atoms with Crippen molar-refractivity contribution in [3.63, 3.8) is 0 Å².